The molecule has 2 nitrogen and oxygen atoms in total. The molecule has 0 rings (SSSR count). The van der Waals surface area contributed by atoms with Crippen molar-refractivity contribution in [2.24, 2.45) is 11.8 Å². The lowest BCUT2D eigenvalue weighted by Crippen LogP contribution is -2.00. The van der Waals surface area contributed by atoms with Gasteiger partial charge in [0.15, 0.2) is 0 Å². The van der Waals surface area contributed by atoms with Crippen molar-refractivity contribution in [1.29, 1.82) is 0 Å². The highest BCUT2D eigenvalue weighted by molar-refractivity contribution is 4.36. The highest BCUT2D eigenvalue weighted by Gasteiger charge is 1.88. The molecule has 0 aliphatic carbocycles. The van der Waals surface area contributed by atoms with E-state index in [0.717, 1.165) is 25.7 Å². The van der Waals surface area contributed by atoms with Crippen LogP contribution < -0.4 is 0 Å². The Kier molecular flexibility index (Phi) is 24.7. The number of ether oxygens (including phenoxy) is 2. The van der Waals surface area contributed by atoms with Crippen molar-refractivity contribution in [2.45, 2.75) is 74.8 Å². The SMILES string of the molecule is CCC(C)C.CCOC(C)C.CCOCC(C)C. The molecule has 2 heteroatoms. The van der Waals surface area contributed by atoms with Crippen LogP contribution in [0, 0.1) is 11.8 Å². The lowest BCUT2D eigenvalue weighted by molar-refractivity contribution is 0.0899. The van der Waals surface area contributed by atoms with Crippen LogP contribution in [0.4, 0.5) is 0 Å². The zero-order chi connectivity index (χ0) is 15.0. The van der Waals surface area contributed by atoms with Crippen LogP contribution in [0.3, 0.4) is 0 Å². The van der Waals surface area contributed by atoms with Gasteiger partial charge < -0.3 is 9.47 Å². The van der Waals surface area contributed by atoms with E-state index in [1.165, 1.54) is 6.42 Å². The van der Waals surface area contributed by atoms with Crippen LogP contribution in [-0.4, -0.2) is 25.9 Å². The van der Waals surface area contributed by atoms with E-state index in [1.807, 2.05) is 27.7 Å². The molecular formula is C16H38O2. The standard InChI is InChI=1S/C6H14O.C5H12O.C5H12/c1-4-7-5-6(2)3;1-4-6-5(2)3;1-4-5(2)3/h6H,4-5H2,1-3H3;5H,4H2,1-3H3;5H,4H2,1-3H3. The molecule has 0 aromatic heterocycles. The predicted octanol–water partition coefficient (Wildman–Crippen LogP) is 5.16. The van der Waals surface area contributed by atoms with E-state index >= 15 is 0 Å². The summed E-state index contributed by atoms with van der Waals surface area (Å²) in [5.41, 5.74) is 0. The summed E-state index contributed by atoms with van der Waals surface area (Å²) >= 11 is 0. The molecule has 0 saturated heterocycles. The lowest BCUT2D eigenvalue weighted by atomic mass is 10.2. The smallest absolute Gasteiger partial charge is 0.0518 e. The summed E-state index contributed by atoms with van der Waals surface area (Å²) in [7, 11) is 0. The normalized spacial score (nSPS) is 10.0. The Morgan fingerprint density at radius 3 is 1.22 bits per heavy atom. The van der Waals surface area contributed by atoms with Gasteiger partial charge in [0.05, 0.1) is 6.10 Å². The van der Waals surface area contributed by atoms with Crippen molar-refractivity contribution in [3.8, 4) is 0 Å². The van der Waals surface area contributed by atoms with Gasteiger partial charge in [0.1, 0.15) is 0 Å². The van der Waals surface area contributed by atoms with Crippen molar-refractivity contribution in [3.63, 3.8) is 0 Å². The number of hydrogen-bond acceptors (Lipinski definition) is 2. The third-order valence-electron chi connectivity index (χ3n) is 1.97. The zero-order valence-corrected chi connectivity index (χ0v) is 14.4. The van der Waals surface area contributed by atoms with Gasteiger partial charge in [-0.2, -0.15) is 0 Å². The van der Waals surface area contributed by atoms with Crippen molar-refractivity contribution in [3.05, 3.63) is 0 Å². The minimum atomic E-state index is 0.398. The molecule has 0 spiro atoms. The first-order valence-electron chi connectivity index (χ1n) is 7.50. The van der Waals surface area contributed by atoms with Crippen LogP contribution in [0.5, 0.6) is 0 Å². The van der Waals surface area contributed by atoms with Gasteiger partial charge in [-0.1, -0.05) is 41.0 Å². The molecular weight excluding hydrogens is 224 g/mol. The van der Waals surface area contributed by atoms with Gasteiger partial charge in [-0.15, -0.1) is 0 Å². The summed E-state index contributed by atoms with van der Waals surface area (Å²) in [5.74, 6) is 1.56. The van der Waals surface area contributed by atoms with E-state index in [2.05, 4.69) is 34.6 Å². The second-order valence-electron chi connectivity index (χ2n) is 5.36. The van der Waals surface area contributed by atoms with Crippen LogP contribution in [0.15, 0.2) is 0 Å². The lowest BCUT2D eigenvalue weighted by Gasteiger charge is -2.01. The maximum atomic E-state index is 5.09. The van der Waals surface area contributed by atoms with Crippen LogP contribution in [0.1, 0.15) is 68.7 Å². The summed E-state index contributed by atoms with van der Waals surface area (Å²) in [6.45, 7) is 21.6. The molecule has 0 aliphatic rings. The highest BCUT2D eigenvalue weighted by Crippen LogP contribution is 1.94. The molecule has 0 aromatic carbocycles. The second-order valence-corrected chi connectivity index (χ2v) is 5.36. The first-order valence-corrected chi connectivity index (χ1v) is 7.50. The fourth-order valence-electron chi connectivity index (χ4n) is 0.687. The Balaban J connectivity index is -0.000000190. The maximum Gasteiger partial charge on any atom is 0.0518 e. The molecule has 0 heterocycles. The van der Waals surface area contributed by atoms with E-state index in [-0.39, 0.29) is 0 Å². The van der Waals surface area contributed by atoms with Crippen molar-refractivity contribution < 1.29 is 9.47 Å². The summed E-state index contributed by atoms with van der Waals surface area (Å²) < 4.78 is 10.1. The highest BCUT2D eigenvalue weighted by atomic mass is 16.5. The van der Waals surface area contributed by atoms with Crippen molar-refractivity contribution >= 4 is 0 Å². The molecule has 0 fully saturated rings. The first-order chi connectivity index (χ1) is 8.31. The van der Waals surface area contributed by atoms with E-state index in [0.29, 0.717) is 12.0 Å². The van der Waals surface area contributed by atoms with E-state index in [1.54, 1.807) is 0 Å². The summed E-state index contributed by atoms with van der Waals surface area (Å²) in [5, 5.41) is 0. The minimum Gasteiger partial charge on any atom is -0.381 e. The van der Waals surface area contributed by atoms with Crippen LogP contribution in [0.25, 0.3) is 0 Å². The molecule has 0 N–H and O–H groups in total. The average molecular weight is 262 g/mol. The van der Waals surface area contributed by atoms with Gasteiger partial charge in [-0.05, 0) is 39.5 Å². The number of rotatable bonds is 6. The molecule has 0 aliphatic heterocycles. The second kappa shape index (κ2) is 19.3. The van der Waals surface area contributed by atoms with Crippen molar-refractivity contribution in [1.82, 2.24) is 0 Å². The Morgan fingerprint density at radius 2 is 1.17 bits per heavy atom. The van der Waals surface area contributed by atoms with E-state index < -0.39 is 0 Å². The predicted molar refractivity (Wildman–Crippen MR) is 83.2 cm³/mol. The summed E-state index contributed by atoms with van der Waals surface area (Å²) in [6, 6.07) is 0. The Hall–Kier alpha value is -0.0800. The maximum absolute atomic E-state index is 5.09. The zero-order valence-electron chi connectivity index (χ0n) is 14.4. The quantitative estimate of drug-likeness (QED) is 0.658. The molecule has 0 aromatic rings. The largest absolute Gasteiger partial charge is 0.381 e. The fraction of sp³-hybridized carbons (Fsp3) is 1.00. The van der Waals surface area contributed by atoms with Gasteiger partial charge in [-0.3, -0.25) is 0 Å². The first kappa shape index (κ1) is 23.0. The average Bonchev–Trinajstić information content (AvgIpc) is 2.27. The molecule has 0 atom stereocenters. The Bertz CT molecular complexity index is 120. The number of hydrogen-bond donors (Lipinski definition) is 0. The molecule has 0 radical (unpaired) electrons. The van der Waals surface area contributed by atoms with E-state index in [9.17, 15) is 0 Å². The summed E-state index contributed by atoms with van der Waals surface area (Å²) in [6.07, 6.45) is 1.70. The third kappa shape index (κ3) is 44.5. The van der Waals surface area contributed by atoms with Gasteiger partial charge in [-0.25, -0.2) is 0 Å². The molecule has 18 heavy (non-hydrogen) atoms. The van der Waals surface area contributed by atoms with E-state index in [4.69, 9.17) is 9.47 Å². The molecule has 0 unspecified atom stereocenters. The Labute approximate surface area is 116 Å². The minimum absolute atomic E-state index is 0.398. The topological polar surface area (TPSA) is 18.5 Å². The molecule has 0 bridgehead atoms. The van der Waals surface area contributed by atoms with Gasteiger partial charge in [0, 0.05) is 19.8 Å². The van der Waals surface area contributed by atoms with Gasteiger partial charge in [0.2, 0.25) is 0 Å². The molecule has 114 valence electrons. The molecule has 0 saturated carbocycles. The van der Waals surface area contributed by atoms with Crippen LogP contribution in [-0.2, 0) is 9.47 Å². The van der Waals surface area contributed by atoms with Crippen LogP contribution >= 0.6 is 0 Å². The van der Waals surface area contributed by atoms with Crippen LogP contribution in [0.2, 0.25) is 0 Å². The van der Waals surface area contributed by atoms with Gasteiger partial charge in [0.25, 0.3) is 0 Å². The summed E-state index contributed by atoms with van der Waals surface area (Å²) in [4.78, 5) is 0. The Morgan fingerprint density at radius 1 is 0.722 bits per heavy atom. The third-order valence-corrected chi connectivity index (χ3v) is 1.97. The van der Waals surface area contributed by atoms with Gasteiger partial charge >= 0.3 is 0 Å². The molecule has 0 amide bonds. The fourth-order valence-corrected chi connectivity index (χ4v) is 0.687. The monoisotopic (exact) mass is 262 g/mol. The van der Waals surface area contributed by atoms with Crippen molar-refractivity contribution in [2.75, 3.05) is 19.8 Å².